The predicted molar refractivity (Wildman–Crippen MR) is 114 cm³/mol. The van der Waals surface area contributed by atoms with Crippen LogP contribution in [-0.4, -0.2) is 25.4 Å². The average molecular weight is 432 g/mol. The van der Waals surface area contributed by atoms with Crippen LogP contribution in [0.25, 0.3) is 11.3 Å². The summed E-state index contributed by atoms with van der Waals surface area (Å²) in [6.07, 6.45) is 0. The maximum Gasteiger partial charge on any atom is 0.253 e. The van der Waals surface area contributed by atoms with Gasteiger partial charge in [-0.3, -0.25) is 9.59 Å². The Kier molecular flexibility index (Phi) is 6.93. The molecule has 2 aromatic carbocycles. The molecule has 0 unspecified atom stereocenters. The Hall–Kier alpha value is -2.80. The fourth-order valence-corrected chi connectivity index (χ4v) is 2.99. The van der Waals surface area contributed by atoms with Crippen molar-refractivity contribution in [3.63, 3.8) is 0 Å². The number of benzene rings is 2. The third kappa shape index (κ3) is 5.38. The molecule has 3 N–H and O–H groups in total. The van der Waals surface area contributed by atoms with Gasteiger partial charge in [0, 0.05) is 12.6 Å². The highest BCUT2D eigenvalue weighted by Crippen LogP contribution is 2.29. The van der Waals surface area contributed by atoms with E-state index in [2.05, 4.69) is 16.0 Å². The van der Waals surface area contributed by atoms with Crippen molar-refractivity contribution in [2.24, 2.45) is 0 Å². The Morgan fingerprint density at radius 2 is 1.79 bits per heavy atom. The number of halogens is 2. The molecule has 1 heterocycles. The smallest absolute Gasteiger partial charge is 0.253 e. The van der Waals surface area contributed by atoms with Gasteiger partial charge in [-0.2, -0.15) is 0 Å². The summed E-state index contributed by atoms with van der Waals surface area (Å²) in [6.45, 7) is 0.427. The molecule has 0 saturated carbocycles. The van der Waals surface area contributed by atoms with E-state index in [1.54, 1.807) is 36.4 Å². The van der Waals surface area contributed by atoms with E-state index in [0.29, 0.717) is 39.4 Å². The van der Waals surface area contributed by atoms with Crippen LogP contribution in [0, 0.1) is 0 Å². The van der Waals surface area contributed by atoms with Crippen LogP contribution in [0.3, 0.4) is 0 Å². The number of hydrogen-bond acceptors (Lipinski definition) is 4. The van der Waals surface area contributed by atoms with Crippen LogP contribution in [0.15, 0.2) is 59.0 Å². The van der Waals surface area contributed by atoms with E-state index in [4.69, 9.17) is 27.6 Å². The molecule has 2 amide bonds. The summed E-state index contributed by atoms with van der Waals surface area (Å²) in [5.41, 5.74) is 1.67. The van der Waals surface area contributed by atoms with Crippen molar-refractivity contribution in [3.05, 3.63) is 76.0 Å². The fourth-order valence-electron chi connectivity index (χ4n) is 2.70. The molecular weight excluding hydrogens is 413 g/mol. The van der Waals surface area contributed by atoms with E-state index >= 15 is 0 Å². The third-order valence-electron chi connectivity index (χ3n) is 4.12. The highest BCUT2D eigenvalue weighted by Gasteiger charge is 2.12. The first-order chi connectivity index (χ1) is 14.0. The Bertz CT molecular complexity index is 1030. The molecule has 3 rings (SSSR count). The highest BCUT2D eigenvalue weighted by molar-refractivity contribution is 6.42. The van der Waals surface area contributed by atoms with Crippen LogP contribution < -0.4 is 16.0 Å². The number of hydrogen-bond donors (Lipinski definition) is 3. The maximum atomic E-state index is 12.2. The van der Waals surface area contributed by atoms with E-state index in [9.17, 15) is 9.59 Å². The van der Waals surface area contributed by atoms with Crippen molar-refractivity contribution < 1.29 is 14.0 Å². The Morgan fingerprint density at radius 3 is 2.55 bits per heavy atom. The molecule has 0 spiro atoms. The minimum absolute atomic E-state index is 0.0604. The van der Waals surface area contributed by atoms with Crippen LogP contribution in [0.4, 0.5) is 5.69 Å². The molecule has 0 bridgehead atoms. The molecule has 3 aromatic rings. The van der Waals surface area contributed by atoms with Crippen molar-refractivity contribution in [1.29, 1.82) is 0 Å². The minimum atomic E-state index is -0.266. The molecule has 8 heteroatoms. The molecule has 150 valence electrons. The molecule has 0 fully saturated rings. The zero-order chi connectivity index (χ0) is 20.8. The minimum Gasteiger partial charge on any atom is -0.460 e. The number of carbonyl (C=O) groups excluding carboxylic acids is 2. The molecular formula is C21H19Cl2N3O3. The highest BCUT2D eigenvalue weighted by atomic mass is 35.5. The fraction of sp³-hybridized carbons (Fsp3) is 0.143. The zero-order valence-corrected chi connectivity index (χ0v) is 17.1. The van der Waals surface area contributed by atoms with Crippen LogP contribution in [0.1, 0.15) is 16.1 Å². The molecule has 6 nitrogen and oxygen atoms in total. The van der Waals surface area contributed by atoms with Gasteiger partial charge in [-0.1, -0.05) is 35.3 Å². The van der Waals surface area contributed by atoms with Gasteiger partial charge in [-0.15, -0.1) is 0 Å². The normalized spacial score (nSPS) is 10.6. The summed E-state index contributed by atoms with van der Waals surface area (Å²) in [4.78, 5) is 24.1. The lowest BCUT2D eigenvalue weighted by molar-refractivity contribution is -0.115. The second-order valence-electron chi connectivity index (χ2n) is 6.17. The van der Waals surface area contributed by atoms with Gasteiger partial charge in [0.25, 0.3) is 5.91 Å². The summed E-state index contributed by atoms with van der Waals surface area (Å²) in [6, 6.07) is 15.7. The van der Waals surface area contributed by atoms with Gasteiger partial charge in [0.05, 0.1) is 34.4 Å². The molecule has 0 aliphatic heterocycles. The second kappa shape index (κ2) is 9.60. The van der Waals surface area contributed by atoms with E-state index in [1.165, 1.54) is 7.05 Å². The molecule has 0 saturated heterocycles. The third-order valence-corrected chi connectivity index (χ3v) is 4.86. The summed E-state index contributed by atoms with van der Waals surface area (Å²) in [5.74, 6) is 0.797. The van der Waals surface area contributed by atoms with Crippen molar-refractivity contribution in [3.8, 4) is 11.3 Å². The van der Waals surface area contributed by atoms with Gasteiger partial charge in [0.15, 0.2) is 0 Å². The summed E-state index contributed by atoms with van der Waals surface area (Å²) < 4.78 is 5.78. The van der Waals surface area contributed by atoms with Gasteiger partial charge in [-0.25, -0.2) is 0 Å². The quantitative estimate of drug-likeness (QED) is 0.519. The van der Waals surface area contributed by atoms with Crippen LogP contribution >= 0.6 is 23.2 Å². The first kappa shape index (κ1) is 20.9. The first-order valence-electron chi connectivity index (χ1n) is 8.83. The van der Waals surface area contributed by atoms with Gasteiger partial charge >= 0.3 is 0 Å². The van der Waals surface area contributed by atoms with E-state index in [-0.39, 0.29) is 18.4 Å². The topological polar surface area (TPSA) is 83.4 Å². The monoisotopic (exact) mass is 431 g/mol. The summed E-state index contributed by atoms with van der Waals surface area (Å²) in [5, 5.41) is 9.23. The van der Waals surface area contributed by atoms with E-state index < -0.39 is 0 Å². The number of amides is 2. The van der Waals surface area contributed by atoms with Crippen molar-refractivity contribution in [1.82, 2.24) is 10.6 Å². The average Bonchev–Trinajstić information content (AvgIpc) is 3.19. The standard InChI is InChI=1S/C21H19Cl2N3O3/c1-24-21(28)15-4-2-3-5-18(15)26-20(27)12-25-11-14-7-9-19(29-14)13-6-8-16(22)17(23)10-13/h2-10,25H,11-12H2,1H3,(H,24,28)(H,26,27). The van der Waals surface area contributed by atoms with Crippen molar-refractivity contribution in [2.75, 3.05) is 18.9 Å². The van der Waals surface area contributed by atoms with Gasteiger partial charge in [-0.05, 0) is 42.5 Å². The van der Waals surface area contributed by atoms with Crippen molar-refractivity contribution in [2.45, 2.75) is 6.54 Å². The number of para-hydroxylation sites is 1. The van der Waals surface area contributed by atoms with Crippen LogP contribution in [-0.2, 0) is 11.3 Å². The van der Waals surface area contributed by atoms with Crippen molar-refractivity contribution >= 4 is 40.7 Å². The lowest BCUT2D eigenvalue weighted by atomic mass is 10.1. The Balaban J connectivity index is 1.54. The Morgan fingerprint density at radius 1 is 1.00 bits per heavy atom. The molecule has 1 aromatic heterocycles. The van der Waals surface area contributed by atoms with E-state index in [1.807, 2.05) is 18.2 Å². The maximum absolute atomic E-state index is 12.2. The number of anilines is 1. The molecule has 0 aliphatic rings. The second-order valence-corrected chi connectivity index (χ2v) is 6.99. The SMILES string of the molecule is CNC(=O)c1ccccc1NC(=O)CNCc1ccc(-c2ccc(Cl)c(Cl)c2)o1. The number of nitrogens with one attached hydrogen (secondary N) is 3. The Labute approximate surface area is 178 Å². The summed E-state index contributed by atoms with van der Waals surface area (Å²) in [7, 11) is 1.54. The lowest BCUT2D eigenvalue weighted by Crippen LogP contribution is -2.29. The zero-order valence-electron chi connectivity index (χ0n) is 15.6. The summed E-state index contributed by atoms with van der Waals surface area (Å²) >= 11 is 12.0. The molecule has 0 atom stereocenters. The van der Waals surface area contributed by atoms with E-state index in [0.717, 1.165) is 5.56 Å². The number of carbonyl (C=O) groups is 2. The first-order valence-corrected chi connectivity index (χ1v) is 9.59. The van der Waals surface area contributed by atoms with Gasteiger partial charge in [0.2, 0.25) is 5.91 Å². The number of furan rings is 1. The van der Waals surface area contributed by atoms with Crippen LogP contribution in [0.5, 0.6) is 0 Å². The van der Waals surface area contributed by atoms with Gasteiger partial charge in [0.1, 0.15) is 11.5 Å². The molecule has 29 heavy (non-hydrogen) atoms. The lowest BCUT2D eigenvalue weighted by Gasteiger charge is -2.10. The van der Waals surface area contributed by atoms with Crippen LogP contribution in [0.2, 0.25) is 10.0 Å². The molecule has 0 radical (unpaired) electrons. The largest absolute Gasteiger partial charge is 0.460 e. The predicted octanol–water partition coefficient (Wildman–Crippen LogP) is 4.34. The van der Waals surface area contributed by atoms with Gasteiger partial charge < -0.3 is 20.4 Å². The molecule has 0 aliphatic carbocycles. The number of rotatable bonds is 7.